The Labute approximate surface area is 339 Å². The molecule has 57 heavy (non-hydrogen) atoms. The smallest absolute Gasteiger partial charge is 0.306 e. The van der Waals surface area contributed by atoms with Crippen LogP contribution in [-0.4, -0.2) is 87.5 Å². The predicted octanol–water partition coefficient (Wildman–Crippen LogP) is 7.42. The van der Waals surface area contributed by atoms with Crippen molar-refractivity contribution in [1.29, 1.82) is 5.26 Å². The van der Waals surface area contributed by atoms with Gasteiger partial charge in [0.25, 0.3) is 6.47 Å². The Kier molecular flexibility index (Phi) is 15.7. The second-order valence-electron chi connectivity index (χ2n) is 14.6. The fourth-order valence-electron chi connectivity index (χ4n) is 7.47. The van der Waals surface area contributed by atoms with E-state index in [9.17, 15) is 15.2 Å². The number of carboxylic acid groups (broad SMARTS) is 2. The molecule has 0 aliphatic carbocycles. The molecule has 302 valence electrons. The SMILES string of the molecule is Cc1c(COc2cc(OCc3cncc(C#N)c3)c(CN3CCCCC3)cc2Cl)cccc1-c1cccc(OCCCN2CCC(O)(CC(=O)O)C2)c1C.O=CO. The maximum Gasteiger partial charge on any atom is 0.306 e. The highest BCUT2D eigenvalue weighted by Crippen LogP contribution is 2.37. The Morgan fingerprint density at radius 3 is 2.37 bits per heavy atom. The van der Waals surface area contributed by atoms with Gasteiger partial charge in [0, 0.05) is 55.8 Å². The number of pyridine rings is 1. The van der Waals surface area contributed by atoms with Gasteiger partial charge in [-0.25, -0.2) is 0 Å². The van der Waals surface area contributed by atoms with Gasteiger partial charge in [-0.1, -0.05) is 48.4 Å². The lowest BCUT2D eigenvalue weighted by Gasteiger charge is -2.27. The van der Waals surface area contributed by atoms with Crippen LogP contribution in [0, 0.1) is 25.2 Å². The van der Waals surface area contributed by atoms with E-state index in [1.54, 1.807) is 12.3 Å². The number of aliphatic hydroxyl groups is 1. The molecule has 2 fully saturated rings. The first-order valence-corrected chi connectivity index (χ1v) is 19.6. The van der Waals surface area contributed by atoms with E-state index in [0.29, 0.717) is 54.8 Å². The molecule has 0 saturated carbocycles. The lowest BCUT2D eigenvalue weighted by atomic mass is 9.93. The number of hydrogen-bond donors (Lipinski definition) is 3. The van der Waals surface area contributed by atoms with Crippen molar-refractivity contribution in [2.24, 2.45) is 0 Å². The average molecular weight is 799 g/mol. The number of aliphatic carboxylic acids is 1. The van der Waals surface area contributed by atoms with Gasteiger partial charge in [0.1, 0.15) is 36.5 Å². The Balaban J connectivity index is 0.00000200. The van der Waals surface area contributed by atoms with Crippen molar-refractivity contribution < 1.29 is 39.1 Å². The molecule has 13 heteroatoms. The number of nitrogens with zero attached hydrogens (tertiary/aromatic N) is 4. The number of β-amino-alcohol motifs (C(OH)–C–C–N with tert-alkyl or cyclic N) is 1. The number of nitriles is 1. The van der Waals surface area contributed by atoms with Crippen molar-refractivity contribution in [1.82, 2.24) is 14.8 Å². The second kappa shape index (κ2) is 20.8. The number of halogens is 1. The van der Waals surface area contributed by atoms with Gasteiger partial charge >= 0.3 is 5.97 Å². The van der Waals surface area contributed by atoms with Crippen LogP contribution in [0.4, 0.5) is 0 Å². The van der Waals surface area contributed by atoms with E-state index in [4.69, 9.17) is 40.8 Å². The van der Waals surface area contributed by atoms with E-state index in [0.717, 1.165) is 77.3 Å². The molecule has 6 rings (SSSR count). The molecule has 2 saturated heterocycles. The number of piperidine rings is 1. The van der Waals surface area contributed by atoms with Crippen LogP contribution in [0.5, 0.6) is 17.2 Å². The van der Waals surface area contributed by atoms with E-state index in [1.807, 2.05) is 30.3 Å². The molecular formula is C44H51ClN4O8. The first-order valence-electron chi connectivity index (χ1n) is 19.2. The predicted molar refractivity (Wildman–Crippen MR) is 217 cm³/mol. The Bertz CT molecular complexity index is 2030. The summed E-state index contributed by atoms with van der Waals surface area (Å²) in [5, 5.41) is 36.4. The van der Waals surface area contributed by atoms with Crippen LogP contribution in [-0.2, 0) is 29.3 Å². The fraction of sp³-hybridized carbons (Fsp3) is 0.409. The van der Waals surface area contributed by atoms with Gasteiger partial charge in [0.15, 0.2) is 0 Å². The normalized spacial score (nSPS) is 16.9. The number of ether oxygens (including phenoxy) is 3. The number of carboxylic acids is 1. The fourth-order valence-corrected chi connectivity index (χ4v) is 7.71. The third-order valence-corrected chi connectivity index (χ3v) is 10.7. The summed E-state index contributed by atoms with van der Waals surface area (Å²) in [4.78, 5) is 28.2. The highest BCUT2D eigenvalue weighted by atomic mass is 35.5. The maximum absolute atomic E-state index is 11.1. The molecule has 2 aliphatic rings. The molecule has 3 aromatic carbocycles. The molecule has 0 bridgehead atoms. The molecule has 1 unspecified atom stereocenters. The third kappa shape index (κ3) is 12.2. The number of likely N-dealkylation sites (tertiary alicyclic amines) is 2. The van der Waals surface area contributed by atoms with Gasteiger partial charge in [0.05, 0.1) is 29.2 Å². The summed E-state index contributed by atoms with van der Waals surface area (Å²) < 4.78 is 19.0. The van der Waals surface area contributed by atoms with Crippen LogP contribution in [0.25, 0.3) is 11.1 Å². The molecule has 3 N–H and O–H groups in total. The molecule has 12 nitrogen and oxygen atoms in total. The van der Waals surface area contributed by atoms with Gasteiger partial charge in [-0.15, -0.1) is 0 Å². The summed E-state index contributed by atoms with van der Waals surface area (Å²) in [6.07, 6.45) is 7.86. The van der Waals surface area contributed by atoms with Crippen LogP contribution >= 0.6 is 11.6 Å². The molecule has 1 atom stereocenters. The van der Waals surface area contributed by atoms with E-state index >= 15 is 0 Å². The molecule has 1 aromatic heterocycles. The van der Waals surface area contributed by atoms with Gasteiger partial charge in [-0.3, -0.25) is 19.5 Å². The minimum absolute atomic E-state index is 0.228. The number of benzene rings is 3. The summed E-state index contributed by atoms with van der Waals surface area (Å²) in [6, 6.07) is 20.1. The van der Waals surface area contributed by atoms with Crippen LogP contribution in [0.2, 0.25) is 5.02 Å². The molecule has 0 amide bonds. The highest BCUT2D eigenvalue weighted by molar-refractivity contribution is 6.32. The van der Waals surface area contributed by atoms with Crippen molar-refractivity contribution in [3.05, 3.63) is 105 Å². The average Bonchev–Trinajstić information content (AvgIpc) is 3.56. The van der Waals surface area contributed by atoms with Crippen molar-refractivity contribution in [3.63, 3.8) is 0 Å². The van der Waals surface area contributed by atoms with E-state index in [-0.39, 0.29) is 19.5 Å². The molecular weight excluding hydrogens is 748 g/mol. The van der Waals surface area contributed by atoms with Crippen molar-refractivity contribution in [2.45, 2.75) is 77.7 Å². The summed E-state index contributed by atoms with van der Waals surface area (Å²) in [5.74, 6) is 1.07. The summed E-state index contributed by atoms with van der Waals surface area (Å²) in [5.41, 5.74) is 6.48. The lowest BCUT2D eigenvalue weighted by Crippen LogP contribution is -2.36. The van der Waals surface area contributed by atoms with Crippen LogP contribution in [0.1, 0.15) is 71.9 Å². The first-order chi connectivity index (χ1) is 27.5. The Morgan fingerprint density at radius 1 is 0.912 bits per heavy atom. The van der Waals surface area contributed by atoms with E-state index in [1.165, 1.54) is 25.5 Å². The molecule has 0 spiro atoms. The zero-order chi connectivity index (χ0) is 40.8. The number of rotatable bonds is 16. The number of hydrogen-bond acceptors (Lipinski definition) is 10. The topological polar surface area (TPSA) is 166 Å². The van der Waals surface area contributed by atoms with E-state index in [2.05, 4.69) is 52.9 Å². The van der Waals surface area contributed by atoms with Gasteiger partial charge in [0.2, 0.25) is 0 Å². The van der Waals surface area contributed by atoms with Crippen LogP contribution in [0.15, 0.2) is 67.0 Å². The Hall–Kier alpha value is -5.19. The van der Waals surface area contributed by atoms with Gasteiger partial charge in [-0.2, -0.15) is 5.26 Å². The molecule has 2 aliphatic heterocycles. The lowest BCUT2D eigenvalue weighted by molar-refractivity contribution is -0.142. The third-order valence-electron chi connectivity index (χ3n) is 10.4. The second-order valence-corrected chi connectivity index (χ2v) is 15.1. The summed E-state index contributed by atoms with van der Waals surface area (Å²) in [6.45, 7) is 9.59. The minimum atomic E-state index is -1.15. The monoisotopic (exact) mass is 798 g/mol. The largest absolute Gasteiger partial charge is 0.493 e. The highest BCUT2D eigenvalue weighted by Gasteiger charge is 2.37. The summed E-state index contributed by atoms with van der Waals surface area (Å²) in [7, 11) is 0. The summed E-state index contributed by atoms with van der Waals surface area (Å²) >= 11 is 6.87. The number of aromatic nitrogens is 1. The molecule has 0 radical (unpaired) electrons. The quantitative estimate of drug-likeness (QED) is 0.0760. The standard InChI is InChI=1S/C43H49ClN4O6.CH2O2/c1-30-34(9-6-10-36(30)37-11-7-12-39(31(37)2)52-18-8-16-48-17-13-43(51,29-48)22-42(49)50)28-54-41-21-40(53-27-33-19-32(23-45)24-46-25-33)35(20-38(41)44)26-47-14-4-3-5-15-47;2-1-3/h6-7,9-12,19-21,24-25,51H,3-5,8,13-18,22,26-29H2,1-2H3,(H,49,50);1H,(H,2,3). The molecule has 4 aromatic rings. The van der Waals surface area contributed by atoms with Crippen molar-refractivity contribution >= 4 is 24.0 Å². The zero-order valence-electron chi connectivity index (χ0n) is 32.6. The number of carbonyl (C=O) groups is 2. The Morgan fingerprint density at radius 2 is 1.63 bits per heavy atom. The first kappa shape index (κ1) is 42.9. The van der Waals surface area contributed by atoms with Gasteiger partial charge < -0.3 is 34.4 Å². The van der Waals surface area contributed by atoms with Crippen molar-refractivity contribution in [3.8, 4) is 34.4 Å². The minimum Gasteiger partial charge on any atom is -0.493 e. The molecule has 3 heterocycles. The zero-order valence-corrected chi connectivity index (χ0v) is 33.3. The maximum atomic E-state index is 11.1. The van der Waals surface area contributed by atoms with Gasteiger partial charge in [-0.05, 0) is 98.6 Å². The van der Waals surface area contributed by atoms with Crippen molar-refractivity contribution in [2.75, 3.05) is 39.3 Å². The van der Waals surface area contributed by atoms with E-state index < -0.39 is 11.6 Å². The van der Waals surface area contributed by atoms with Crippen LogP contribution in [0.3, 0.4) is 0 Å². The van der Waals surface area contributed by atoms with Crippen LogP contribution < -0.4 is 14.2 Å².